The van der Waals surface area contributed by atoms with E-state index in [1.807, 2.05) is 41.3 Å². The van der Waals surface area contributed by atoms with E-state index in [9.17, 15) is 9.59 Å². The van der Waals surface area contributed by atoms with Crippen LogP contribution < -0.4 is 5.32 Å². The van der Waals surface area contributed by atoms with Crippen molar-refractivity contribution in [2.24, 2.45) is 0 Å². The second kappa shape index (κ2) is 8.29. The molecule has 0 aliphatic carbocycles. The van der Waals surface area contributed by atoms with E-state index in [2.05, 4.69) is 28.2 Å². The van der Waals surface area contributed by atoms with Crippen LogP contribution in [0, 0.1) is 0 Å². The summed E-state index contributed by atoms with van der Waals surface area (Å²) in [6.45, 7) is 2.20. The topological polar surface area (TPSA) is 49.4 Å². The van der Waals surface area contributed by atoms with Gasteiger partial charge in [0.25, 0.3) is 0 Å². The van der Waals surface area contributed by atoms with E-state index < -0.39 is 0 Å². The molecule has 4 rings (SSSR count). The molecule has 0 unspecified atom stereocenters. The number of thiophene rings is 2. The molecule has 6 heteroatoms. The molecule has 0 saturated heterocycles. The maximum absolute atomic E-state index is 13.4. The molecule has 2 atom stereocenters. The predicted octanol–water partition coefficient (Wildman–Crippen LogP) is 4.55. The lowest BCUT2D eigenvalue weighted by Crippen LogP contribution is -2.41. The summed E-state index contributed by atoms with van der Waals surface area (Å²) in [5.41, 5.74) is 2.19. The van der Waals surface area contributed by atoms with Crippen molar-refractivity contribution in [3.8, 4) is 0 Å². The summed E-state index contributed by atoms with van der Waals surface area (Å²) in [4.78, 5) is 29.6. The standard InChI is InChI=1S/C22H22N2O2S2/c1-15(25)23-18(16-6-3-2-4-7-16)14-21(26)24-11-9-19-17(10-13-28-19)22(24)20-8-5-12-27-20/h2-8,10,12-13,18,22H,9,11,14H2,1H3,(H,23,25)/t18-,22-/m0/s1. The van der Waals surface area contributed by atoms with E-state index in [-0.39, 0.29) is 30.3 Å². The molecule has 0 saturated carbocycles. The molecule has 3 heterocycles. The third-order valence-corrected chi connectivity index (χ3v) is 6.98. The average molecular weight is 411 g/mol. The lowest BCUT2D eigenvalue weighted by atomic mass is 9.96. The van der Waals surface area contributed by atoms with Gasteiger partial charge in [-0.1, -0.05) is 36.4 Å². The summed E-state index contributed by atoms with van der Waals surface area (Å²) in [7, 11) is 0. The summed E-state index contributed by atoms with van der Waals surface area (Å²) >= 11 is 3.45. The van der Waals surface area contributed by atoms with Crippen LogP contribution in [0.4, 0.5) is 0 Å². The maximum atomic E-state index is 13.4. The molecule has 2 amide bonds. The smallest absolute Gasteiger partial charge is 0.225 e. The predicted molar refractivity (Wildman–Crippen MR) is 114 cm³/mol. The molecule has 4 nitrogen and oxygen atoms in total. The number of carbonyl (C=O) groups is 2. The number of nitrogens with zero attached hydrogens (tertiary/aromatic N) is 1. The largest absolute Gasteiger partial charge is 0.349 e. The van der Waals surface area contributed by atoms with Crippen molar-refractivity contribution in [2.75, 3.05) is 6.54 Å². The van der Waals surface area contributed by atoms with Gasteiger partial charge >= 0.3 is 0 Å². The Hall–Kier alpha value is -2.44. The highest BCUT2D eigenvalue weighted by Crippen LogP contribution is 2.40. The molecule has 3 aromatic rings. The van der Waals surface area contributed by atoms with Gasteiger partial charge in [0.1, 0.15) is 0 Å². The molecule has 0 radical (unpaired) electrons. The van der Waals surface area contributed by atoms with Gasteiger partial charge in [0, 0.05) is 23.2 Å². The summed E-state index contributed by atoms with van der Waals surface area (Å²) in [5.74, 6) is -0.0620. The third kappa shape index (κ3) is 3.88. The van der Waals surface area contributed by atoms with Crippen LogP contribution in [-0.4, -0.2) is 23.3 Å². The van der Waals surface area contributed by atoms with Crippen molar-refractivity contribution >= 4 is 34.5 Å². The van der Waals surface area contributed by atoms with Gasteiger partial charge in [0.15, 0.2) is 0 Å². The molecular formula is C22H22N2O2S2. The van der Waals surface area contributed by atoms with Gasteiger partial charge in [-0.25, -0.2) is 0 Å². The molecule has 0 spiro atoms. The lowest BCUT2D eigenvalue weighted by Gasteiger charge is -2.36. The number of nitrogens with one attached hydrogen (secondary N) is 1. The quantitative estimate of drug-likeness (QED) is 0.671. The van der Waals surface area contributed by atoms with Crippen LogP contribution in [0.1, 0.15) is 46.3 Å². The van der Waals surface area contributed by atoms with E-state index in [1.165, 1.54) is 22.2 Å². The van der Waals surface area contributed by atoms with Gasteiger partial charge in [0.05, 0.1) is 18.5 Å². The van der Waals surface area contributed by atoms with Gasteiger partial charge < -0.3 is 10.2 Å². The van der Waals surface area contributed by atoms with E-state index in [0.717, 1.165) is 12.0 Å². The van der Waals surface area contributed by atoms with Gasteiger partial charge in [-0.2, -0.15) is 0 Å². The van der Waals surface area contributed by atoms with Crippen LogP contribution in [0.2, 0.25) is 0 Å². The Morgan fingerprint density at radius 2 is 1.93 bits per heavy atom. The first kappa shape index (κ1) is 18.9. The first-order valence-electron chi connectivity index (χ1n) is 9.34. The van der Waals surface area contributed by atoms with E-state index in [1.54, 1.807) is 22.7 Å². The number of amides is 2. The first-order chi connectivity index (χ1) is 13.6. The molecule has 0 bridgehead atoms. The number of hydrogen-bond acceptors (Lipinski definition) is 4. The summed E-state index contributed by atoms with van der Waals surface area (Å²) in [5, 5.41) is 7.12. The lowest BCUT2D eigenvalue weighted by molar-refractivity contribution is -0.134. The Bertz CT molecular complexity index is 950. The third-order valence-electron chi connectivity index (χ3n) is 5.06. The van der Waals surface area contributed by atoms with Gasteiger partial charge in [-0.05, 0) is 40.4 Å². The minimum Gasteiger partial charge on any atom is -0.349 e. The van der Waals surface area contributed by atoms with E-state index in [4.69, 9.17) is 0 Å². The average Bonchev–Trinajstić information content (AvgIpc) is 3.38. The van der Waals surface area contributed by atoms with Crippen molar-refractivity contribution in [2.45, 2.75) is 31.8 Å². The maximum Gasteiger partial charge on any atom is 0.225 e. The van der Waals surface area contributed by atoms with Gasteiger partial charge in [-0.3, -0.25) is 9.59 Å². The molecule has 2 aromatic heterocycles. The summed E-state index contributed by atoms with van der Waals surface area (Å²) in [6.07, 6.45) is 1.14. The minimum absolute atomic E-state index is 0.0312. The zero-order valence-corrected chi connectivity index (χ0v) is 17.3. The van der Waals surface area contributed by atoms with E-state index in [0.29, 0.717) is 6.54 Å². The fourth-order valence-corrected chi connectivity index (χ4v) is 5.57. The second-order valence-corrected chi connectivity index (χ2v) is 8.90. The Balaban J connectivity index is 1.61. The Morgan fingerprint density at radius 1 is 1.11 bits per heavy atom. The monoisotopic (exact) mass is 410 g/mol. The zero-order chi connectivity index (χ0) is 19.5. The van der Waals surface area contributed by atoms with Crippen LogP contribution in [-0.2, 0) is 16.0 Å². The van der Waals surface area contributed by atoms with Crippen LogP contribution >= 0.6 is 22.7 Å². The second-order valence-electron chi connectivity index (χ2n) is 6.92. The van der Waals surface area contributed by atoms with Gasteiger partial charge in [-0.15, -0.1) is 22.7 Å². The van der Waals surface area contributed by atoms with Crippen LogP contribution in [0.25, 0.3) is 0 Å². The van der Waals surface area contributed by atoms with Crippen molar-refractivity contribution in [3.05, 3.63) is 80.2 Å². The number of benzene rings is 1. The molecule has 0 fully saturated rings. The molecule has 1 aliphatic rings. The number of hydrogen-bond donors (Lipinski definition) is 1. The van der Waals surface area contributed by atoms with Crippen molar-refractivity contribution in [3.63, 3.8) is 0 Å². The molecule has 144 valence electrons. The number of carbonyl (C=O) groups excluding carboxylic acids is 2. The SMILES string of the molecule is CC(=O)N[C@@H](CC(=O)N1CCc2sccc2[C@H]1c1cccs1)c1ccccc1. The van der Waals surface area contributed by atoms with Crippen LogP contribution in [0.5, 0.6) is 0 Å². The summed E-state index contributed by atoms with van der Waals surface area (Å²) < 4.78 is 0. The molecule has 1 aromatic carbocycles. The number of fused-ring (bicyclic) bond motifs is 1. The molecule has 28 heavy (non-hydrogen) atoms. The summed E-state index contributed by atoms with van der Waals surface area (Å²) in [6, 6.07) is 15.6. The van der Waals surface area contributed by atoms with Crippen LogP contribution in [0.3, 0.4) is 0 Å². The van der Waals surface area contributed by atoms with Crippen molar-refractivity contribution < 1.29 is 9.59 Å². The Kier molecular flexibility index (Phi) is 5.59. The fourth-order valence-electron chi connectivity index (χ4n) is 3.81. The van der Waals surface area contributed by atoms with Crippen LogP contribution in [0.15, 0.2) is 59.3 Å². The first-order valence-corrected chi connectivity index (χ1v) is 11.1. The van der Waals surface area contributed by atoms with E-state index >= 15 is 0 Å². The number of rotatable bonds is 5. The molecule has 1 N–H and O–H groups in total. The van der Waals surface area contributed by atoms with Crippen molar-refractivity contribution in [1.82, 2.24) is 10.2 Å². The highest BCUT2D eigenvalue weighted by molar-refractivity contribution is 7.10. The molecular weight excluding hydrogens is 388 g/mol. The normalized spacial score (nSPS) is 17.0. The van der Waals surface area contributed by atoms with Crippen molar-refractivity contribution in [1.29, 1.82) is 0 Å². The minimum atomic E-state index is -0.320. The Labute approximate surface area is 172 Å². The van der Waals surface area contributed by atoms with Gasteiger partial charge in [0.2, 0.25) is 11.8 Å². The Morgan fingerprint density at radius 3 is 2.64 bits per heavy atom. The zero-order valence-electron chi connectivity index (χ0n) is 15.6. The molecule has 1 aliphatic heterocycles. The fraction of sp³-hybridized carbons (Fsp3) is 0.273. The highest BCUT2D eigenvalue weighted by atomic mass is 32.1. The highest BCUT2D eigenvalue weighted by Gasteiger charge is 2.34.